The van der Waals surface area contributed by atoms with Gasteiger partial charge in [-0.3, -0.25) is 9.78 Å². The fraction of sp³-hybridized carbons (Fsp3) is 0.143. The van der Waals surface area contributed by atoms with Crippen molar-refractivity contribution >= 4 is 11.5 Å². The zero-order chi connectivity index (χ0) is 14.7. The van der Waals surface area contributed by atoms with Gasteiger partial charge in [-0.15, -0.1) is 0 Å². The van der Waals surface area contributed by atoms with Gasteiger partial charge in [-0.1, -0.05) is 0 Å². The number of alkyl halides is 1. The van der Waals surface area contributed by atoms with Crippen molar-refractivity contribution in [3.63, 3.8) is 0 Å². The molecular weight excluding hydrogens is 275 g/mol. The average Bonchev–Trinajstić information content (AvgIpc) is 3.00. The Morgan fingerprint density at radius 2 is 2.43 bits per heavy atom. The van der Waals surface area contributed by atoms with Gasteiger partial charge in [0.2, 0.25) is 0 Å². The van der Waals surface area contributed by atoms with Crippen LogP contribution in [0.15, 0.2) is 48.7 Å². The Kier molecular flexibility index (Phi) is 3.65. The Labute approximate surface area is 120 Å². The molecule has 1 aromatic rings. The summed E-state index contributed by atoms with van der Waals surface area (Å²) < 4.78 is 12.2. The highest BCUT2D eigenvalue weighted by Gasteiger charge is 2.20. The lowest BCUT2D eigenvalue weighted by atomic mass is 9.99. The van der Waals surface area contributed by atoms with Crippen LogP contribution >= 0.6 is 0 Å². The maximum atomic E-state index is 12.2. The molecule has 3 rings (SSSR count). The normalized spacial score (nSPS) is 16.0. The van der Waals surface area contributed by atoms with Gasteiger partial charge in [0.1, 0.15) is 6.67 Å². The molecule has 0 fully saturated rings. The van der Waals surface area contributed by atoms with Crippen LogP contribution in [-0.4, -0.2) is 29.2 Å². The van der Waals surface area contributed by atoms with Crippen LogP contribution in [0.2, 0.25) is 0 Å². The van der Waals surface area contributed by atoms with Crippen LogP contribution in [0.4, 0.5) is 4.39 Å². The van der Waals surface area contributed by atoms with E-state index in [9.17, 15) is 9.18 Å². The van der Waals surface area contributed by atoms with E-state index in [1.807, 2.05) is 12.2 Å². The highest BCUT2D eigenvalue weighted by atomic mass is 19.1. The number of halogens is 1. The Bertz CT molecular complexity index is 654. The van der Waals surface area contributed by atoms with E-state index in [4.69, 9.17) is 4.94 Å². The van der Waals surface area contributed by atoms with E-state index in [1.54, 1.807) is 29.7 Å². The van der Waals surface area contributed by atoms with Gasteiger partial charge < -0.3 is 5.32 Å². The number of nitrogens with zero attached hydrogens (tertiary/aromatic N) is 2. The standard InChI is InChI=1S/C14H13FN4O2/c15-3-5-17-14(20)13-9-16-4-1-12(13)10-2-6-19-11(7-10)8-18-21-19/h1-2,4,6-9,18H,3,5H2,(H,17,20). The molecule has 108 valence electrons. The number of carbonyl (C=O) groups excluding carboxylic acids is 1. The third kappa shape index (κ3) is 2.63. The van der Waals surface area contributed by atoms with Crippen molar-refractivity contribution in [2.24, 2.45) is 0 Å². The highest BCUT2D eigenvalue weighted by Crippen LogP contribution is 2.28. The maximum Gasteiger partial charge on any atom is 0.253 e. The SMILES string of the molecule is O=C(NCCF)c1cnccc1C1=CC2=CNON2C=C1. The first-order chi connectivity index (χ1) is 10.3. The van der Waals surface area contributed by atoms with Gasteiger partial charge in [-0.05, 0) is 29.4 Å². The first-order valence-electron chi connectivity index (χ1n) is 6.40. The minimum Gasteiger partial charge on any atom is -0.349 e. The van der Waals surface area contributed by atoms with E-state index in [0.717, 1.165) is 16.8 Å². The second-order valence-corrected chi connectivity index (χ2v) is 4.39. The molecule has 0 saturated carbocycles. The molecule has 2 aliphatic rings. The summed E-state index contributed by atoms with van der Waals surface area (Å²) in [6.45, 7) is -0.618. The van der Waals surface area contributed by atoms with E-state index in [-0.39, 0.29) is 12.5 Å². The summed E-state index contributed by atoms with van der Waals surface area (Å²) in [7, 11) is 0. The molecule has 0 aromatic carbocycles. The average molecular weight is 288 g/mol. The number of pyridine rings is 1. The van der Waals surface area contributed by atoms with E-state index < -0.39 is 6.67 Å². The van der Waals surface area contributed by atoms with Crippen molar-refractivity contribution in [2.75, 3.05) is 13.2 Å². The fourth-order valence-corrected chi connectivity index (χ4v) is 2.09. The highest BCUT2D eigenvalue weighted by molar-refractivity contribution is 6.00. The monoisotopic (exact) mass is 288 g/mol. The fourth-order valence-electron chi connectivity index (χ4n) is 2.09. The van der Waals surface area contributed by atoms with Crippen molar-refractivity contribution in [2.45, 2.75) is 0 Å². The van der Waals surface area contributed by atoms with E-state index in [1.165, 1.54) is 6.20 Å². The topological polar surface area (TPSA) is 66.5 Å². The molecule has 2 aliphatic heterocycles. The van der Waals surface area contributed by atoms with Crippen molar-refractivity contribution in [3.05, 3.63) is 59.8 Å². The van der Waals surface area contributed by atoms with Crippen LogP contribution in [0, 0.1) is 0 Å². The molecule has 0 saturated heterocycles. The number of rotatable bonds is 4. The first kappa shape index (κ1) is 13.3. The smallest absolute Gasteiger partial charge is 0.253 e. The number of hydrogen-bond donors (Lipinski definition) is 2. The molecule has 0 bridgehead atoms. The molecule has 6 nitrogen and oxygen atoms in total. The molecule has 0 spiro atoms. The van der Waals surface area contributed by atoms with Gasteiger partial charge >= 0.3 is 0 Å². The second kappa shape index (κ2) is 5.76. The number of hydroxylamine groups is 3. The summed E-state index contributed by atoms with van der Waals surface area (Å²) in [5.41, 5.74) is 5.43. The van der Waals surface area contributed by atoms with Crippen LogP contribution in [0.3, 0.4) is 0 Å². The summed E-state index contributed by atoms with van der Waals surface area (Å²) in [5.74, 6) is -0.345. The van der Waals surface area contributed by atoms with Crippen LogP contribution in [0.5, 0.6) is 0 Å². The van der Waals surface area contributed by atoms with E-state index >= 15 is 0 Å². The maximum absolute atomic E-state index is 12.2. The van der Waals surface area contributed by atoms with Gasteiger partial charge in [-0.25, -0.2) is 14.9 Å². The van der Waals surface area contributed by atoms with Crippen LogP contribution in [0.25, 0.3) is 5.57 Å². The minimum atomic E-state index is -0.602. The van der Waals surface area contributed by atoms with Crippen molar-refractivity contribution in [1.29, 1.82) is 0 Å². The molecule has 21 heavy (non-hydrogen) atoms. The Hall–Kier alpha value is -2.67. The summed E-state index contributed by atoms with van der Waals surface area (Å²) >= 11 is 0. The first-order valence-corrected chi connectivity index (χ1v) is 6.40. The number of amides is 1. The third-order valence-corrected chi connectivity index (χ3v) is 3.06. The van der Waals surface area contributed by atoms with Gasteiger partial charge in [0.05, 0.1) is 17.5 Å². The number of carbonyl (C=O) groups is 1. The zero-order valence-corrected chi connectivity index (χ0v) is 11.0. The van der Waals surface area contributed by atoms with E-state index in [2.05, 4.69) is 15.8 Å². The molecule has 0 aliphatic carbocycles. The summed E-state index contributed by atoms with van der Waals surface area (Å²) in [5, 5.41) is 4.07. The summed E-state index contributed by atoms with van der Waals surface area (Å²) in [6.07, 6.45) is 10.2. The van der Waals surface area contributed by atoms with Crippen molar-refractivity contribution < 1.29 is 14.1 Å². The molecule has 0 radical (unpaired) electrons. The number of aromatic nitrogens is 1. The van der Waals surface area contributed by atoms with Gasteiger partial charge in [-0.2, -0.15) is 4.94 Å². The molecule has 7 heteroatoms. The number of nitrogens with one attached hydrogen (secondary N) is 2. The largest absolute Gasteiger partial charge is 0.349 e. The Balaban J connectivity index is 1.92. The molecule has 3 heterocycles. The van der Waals surface area contributed by atoms with Crippen LogP contribution < -0.4 is 10.8 Å². The molecule has 1 amide bonds. The molecule has 2 N–H and O–H groups in total. The second-order valence-electron chi connectivity index (χ2n) is 4.39. The minimum absolute atomic E-state index is 0.0151. The predicted molar refractivity (Wildman–Crippen MR) is 73.8 cm³/mol. The summed E-state index contributed by atoms with van der Waals surface area (Å²) in [6, 6.07) is 1.75. The lowest BCUT2D eigenvalue weighted by Gasteiger charge is -2.18. The number of fused-ring (bicyclic) bond motifs is 1. The van der Waals surface area contributed by atoms with Gasteiger partial charge in [0.15, 0.2) is 0 Å². The van der Waals surface area contributed by atoms with Crippen LogP contribution in [0.1, 0.15) is 15.9 Å². The third-order valence-electron chi connectivity index (χ3n) is 3.06. The van der Waals surface area contributed by atoms with Gasteiger partial charge in [0.25, 0.3) is 5.91 Å². The molecule has 1 aromatic heterocycles. The van der Waals surface area contributed by atoms with E-state index in [0.29, 0.717) is 5.56 Å². The molecule has 0 unspecified atom stereocenters. The summed E-state index contributed by atoms with van der Waals surface area (Å²) in [4.78, 5) is 21.1. The Morgan fingerprint density at radius 3 is 3.29 bits per heavy atom. The van der Waals surface area contributed by atoms with Crippen molar-refractivity contribution in [3.8, 4) is 0 Å². The van der Waals surface area contributed by atoms with Crippen molar-refractivity contribution in [1.82, 2.24) is 20.8 Å². The quantitative estimate of drug-likeness (QED) is 0.874. The molecule has 0 atom stereocenters. The lowest BCUT2D eigenvalue weighted by Crippen LogP contribution is -2.26. The Morgan fingerprint density at radius 1 is 1.52 bits per heavy atom. The number of allylic oxidation sites excluding steroid dienone is 3. The van der Waals surface area contributed by atoms with Gasteiger partial charge in [0, 0.05) is 25.1 Å². The molecular formula is C14H13FN4O2. The predicted octanol–water partition coefficient (Wildman–Crippen LogP) is 1.28. The van der Waals surface area contributed by atoms with Crippen LogP contribution in [-0.2, 0) is 4.94 Å². The number of hydrogen-bond acceptors (Lipinski definition) is 5. The lowest BCUT2D eigenvalue weighted by molar-refractivity contribution is -0.112. The zero-order valence-electron chi connectivity index (χ0n) is 11.0.